The summed E-state index contributed by atoms with van der Waals surface area (Å²) in [5.41, 5.74) is 0. The fourth-order valence-corrected chi connectivity index (χ4v) is 4.54. The zero-order valence-corrected chi connectivity index (χ0v) is 17.4. The maximum Gasteiger partial charge on any atom is 0.573 e. The molecule has 2 aromatic rings. The van der Waals surface area contributed by atoms with Crippen LogP contribution in [0.2, 0.25) is 0 Å². The van der Waals surface area contributed by atoms with E-state index < -0.39 is 28.2 Å². The molecule has 31 heavy (non-hydrogen) atoms. The summed E-state index contributed by atoms with van der Waals surface area (Å²) < 4.78 is 72.9. The van der Waals surface area contributed by atoms with Crippen LogP contribution >= 0.6 is 0 Å². The molecule has 168 valence electrons. The predicted molar refractivity (Wildman–Crippen MR) is 105 cm³/mol. The molecular formula is C20H21F3N2O5S. The van der Waals surface area contributed by atoms with Gasteiger partial charge >= 0.3 is 6.36 Å². The molecule has 1 aliphatic heterocycles. The molecule has 0 radical (unpaired) electrons. The third-order valence-electron chi connectivity index (χ3n) is 4.65. The third kappa shape index (κ3) is 5.88. The van der Waals surface area contributed by atoms with E-state index in [1.54, 1.807) is 31.2 Å². The molecule has 3 rings (SSSR count). The summed E-state index contributed by atoms with van der Waals surface area (Å²) in [6.07, 6.45) is -5.59. The second-order valence-corrected chi connectivity index (χ2v) is 8.76. The average Bonchev–Trinajstić information content (AvgIpc) is 2.73. The topological polar surface area (TPSA) is 76.2 Å². The van der Waals surface area contributed by atoms with Gasteiger partial charge in [0, 0.05) is 26.2 Å². The van der Waals surface area contributed by atoms with Crippen molar-refractivity contribution in [1.29, 1.82) is 0 Å². The van der Waals surface area contributed by atoms with E-state index in [1.807, 2.05) is 6.07 Å². The summed E-state index contributed by atoms with van der Waals surface area (Å²) >= 11 is 0. The molecule has 0 saturated carbocycles. The highest BCUT2D eigenvalue weighted by Crippen LogP contribution is 2.25. The first-order valence-corrected chi connectivity index (χ1v) is 10.9. The van der Waals surface area contributed by atoms with Crippen LogP contribution in [-0.4, -0.2) is 62.2 Å². The number of para-hydroxylation sites is 1. The Morgan fingerprint density at radius 3 is 2.06 bits per heavy atom. The van der Waals surface area contributed by atoms with E-state index in [1.165, 1.54) is 9.21 Å². The lowest BCUT2D eigenvalue weighted by molar-refractivity contribution is -0.274. The maximum atomic E-state index is 12.8. The molecule has 0 spiro atoms. The minimum absolute atomic E-state index is 0.0624. The zero-order valence-electron chi connectivity index (χ0n) is 16.6. The second kappa shape index (κ2) is 9.15. The normalized spacial score (nSPS) is 16.6. The molecule has 1 heterocycles. The molecule has 7 nitrogen and oxygen atoms in total. The van der Waals surface area contributed by atoms with Gasteiger partial charge < -0.3 is 14.4 Å². The number of benzene rings is 2. The summed E-state index contributed by atoms with van der Waals surface area (Å²) in [4.78, 5) is 14.0. The van der Waals surface area contributed by atoms with Crippen LogP contribution in [0.15, 0.2) is 59.5 Å². The Morgan fingerprint density at radius 2 is 1.52 bits per heavy atom. The lowest BCUT2D eigenvalue weighted by Gasteiger charge is -2.35. The smallest absolute Gasteiger partial charge is 0.481 e. The molecule has 0 bridgehead atoms. The number of carbonyl (C=O) groups excluding carboxylic acids is 1. The first-order valence-electron chi connectivity index (χ1n) is 9.43. The SMILES string of the molecule is C[C@H](Oc1ccccc1)C(=O)N1CCN(S(=O)(=O)c2ccc(OC(F)(F)F)cc2)CC1. The van der Waals surface area contributed by atoms with Crippen molar-refractivity contribution in [2.75, 3.05) is 26.2 Å². The molecule has 1 saturated heterocycles. The molecule has 2 aromatic carbocycles. The van der Waals surface area contributed by atoms with Gasteiger partial charge in [0.2, 0.25) is 10.0 Å². The lowest BCUT2D eigenvalue weighted by Crippen LogP contribution is -2.53. The van der Waals surface area contributed by atoms with Crippen LogP contribution in [0.25, 0.3) is 0 Å². The van der Waals surface area contributed by atoms with Crippen LogP contribution in [0, 0.1) is 0 Å². The summed E-state index contributed by atoms with van der Waals surface area (Å²) in [6.45, 7) is 2.11. The fraction of sp³-hybridized carbons (Fsp3) is 0.350. The molecule has 0 N–H and O–H groups in total. The van der Waals surface area contributed by atoms with E-state index in [-0.39, 0.29) is 37.0 Å². The van der Waals surface area contributed by atoms with Crippen LogP contribution in [0.1, 0.15) is 6.92 Å². The standard InChI is InChI=1S/C20H21F3N2O5S/c1-15(29-16-5-3-2-4-6-16)19(26)24-11-13-25(14-12-24)31(27,28)18-9-7-17(8-10-18)30-20(21,22)23/h2-10,15H,11-14H2,1H3/t15-/m0/s1. The van der Waals surface area contributed by atoms with Crippen LogP contribution < -0.4 is 9.47 Å². The first-order chi connectivity index (χ1) is 14.6. The van der Waals surface area contributed by atoms with Gasteiger partial charge in [-0.15, -0.1) is 13.2 Å². The van der Waals surface area contributed by atoms with Gasteiger partial charge in [-0.3, -0.25) is 4.79 Å². The summed E-state index contributed by atoms with van der Waals surface area (Å²) in [5, 5.41) is 0. The van der Waals surface area contributed by atoms with Gasteiger partial charge in [0.05, 0.1) is 4.90 Å². The Kier molecular flexibility index (Phi) is 6.75. The molecule has 0 unspecified atom stereocenters. The number of hydrogen-bond acceptors (Lipinski definition) is 5. The molecule has 11 heteroatoms. The molecule has 1 aliphatic rings. The number of hydrogen-bond donors (Lipinski definition) is 0. The Balaban J connectivity index is 1.58. The van der Waals surface area contributed by atoms with Crippen molar-refractivity contribution in [1.82, 2.24) is 9.21 Å². The number of nitrogens with zero attached hydrogens (tertiary/aromatic N) is 2. The summed E-state index contributed by atoms with van der Waals surface area (Å²) in [5.74, 6) is -0.202. The quantitative estimate of drug-likeness (QED) is 0.666. The average molecular weight is 458 g/mol. The van der Waals surface area contributed by atoms with Gasteiger partial charge in [0.25, 0.3) is 5.91 Å². The van der Waals surface area contributed by atoms with E-state index in [9.17, 15) is 26.4 Å². The van der Waals surface area contributed by atoms with Crippen molar-refractivity contribution in [2.24, 2.45) is 0 Å². The number of amides is 1. The Morgan fingerprint density at radius 1 is 0.935 bits per heavy atom. The van der Waals surface area contributed by atoms with Crippen molar-refractivity contribution in [3.63, 3.8) is 0 Å². The number of sulfonamides is 1. The monoisotopic (exact) mass is 458 g/mol. The highest BCUT2D eigenvalue weighted by atomic mass is 32.2. The van der Waals surface area contributed by atoms with Crippen LogP contribution in [0.3, 0.4) is 0 Å². The van der Waals surface area contributed by atoms with E-state index in [2.05, 4.69) is 4.74 Å². The maximum absolute atomic E-state index is 12.8. The number of ether oxygens (including phenoxy) is 2. The molecule has 1 amide bonds. The Bertz CT molecular complexity index is 990. The number of halogens is 3. The van der Waals surface area contributed by atoms with Gasteiger partial charge in [-0.2, -0.15) is 4.31 Å². The van der Waals surface area contributed by atoms with Crippen LogP contribution in [-0.2, 0) is 14.8 Å². The Hall–Kier alpha value is -2.79. The number of alkyl halides is 3. The predicted octanol–water partition coefficient (Wildman–Crippen LogP) is 2.89. The van der Waals surface area contributed by atoms with E-state index in [0.717, 1.165) is 24.3 Å². The first kappa shape index (κ1) is 22.9. The number of rotatable bonds is 6. The minimum Gasteiger partial charge on any atom is -0.481 e. The van der Waals surface area contributed by atoms with Gasteiger partial charge in [-0.25, -0.2) is 8.42 Å². The van der Waals surface area contributed by atoms with Crippen molar-refractivity contribution < 1.29 is 35.9 Å². The van der Waals surface area contributed by atoms with Gasteiger partial charge in [-0.05, 0) is 43.3 Å². The molecular weight excluding hydrogens is 437 g/mol. The van der Waals surface area contributed by atoms with E-state index >= 15 is 0 Å². The highest BCUT2D eigenvalue weighted by Gasteiger charge is 2.33. The summed E-state index contributed by atoms with van der Waals surface area (Å²) in [6, 6.07) is 12.9. The number of piperazine rings is 1. The molecule has 0 aromatic heterocycles. The number of carbonyl (C=O) groups is 1. The fourth-order valence-electron chi connectivity index (χ4n) is 3.12. The van der Waals surface area contributed by atoms with Crippen molar-refractivity contribution in [3.05, 3.63) is 54.6 Å². The molecule has 1 fully saturated rings. The van der Waals surface area contributed by atoms with Crippen LogP contribution in [0.5, 0.6) is 11.5 Å². The third-order valence-corrected chi connectivity index (χ3v) is 6.56. The lowest BCUT2D eigenvalue weighted by atomic mass is 10.3. The van der Waals surface area contributed by atoms with Crippen molar-refractivity contribution >= 4 is 15.9 Å². The second-order valence-electron chi connectivity index (χ2n) is 6.82. The minimum atomic E-state index is -4.86. The molecule has 1 atom stereocenters. The van der Waals surface area contributed by atoms with Crippen molar-refractivity contribution in [3.8, 4) is 11.5 Å². The zero-order chi connectivity index (χ0) is 22.6. The highest BCUT2D eigenvalue weighted by molar-refractivity contribution is 7.89. The van der Waals surface area contributed by atoms with Gasteiger partial charge in [-0.1, -0.05) is 18.2 Å². The van der Waals surface area contributed by atoms with Crippen molar-refractivity contribution in [2.45, 2.75) is 24.3 Å². The van der Waals surface area contributed by atoms with E-state index in [4.69, 9.17) is 4.74 Å². The Labute approximate surface area is 178 Å². The summed E-state index contributed by atoms with van der Waals surface area (Å²) in [7, 11) is -3.91. The largest absolute Gasteiger partial charge is 0.573 e. The van der Waals surface area contributed by atoms with E-state index in [0.29, 0.717) is 5.75 Å². The molecule has 0 aliphatic carbocycles. The van der Waals surface area contributed by atoms with Gasteiger partial charge in [0.15, 0.2) is 6.10 Å². The van der Waals surface area contributed by atoms with Gasteiger partial charge in [0.1, 0.15) is 11.5 Å². The van der Waals surface area contributed by atoms with Crippen LogP contribution in [0.4, 0.5) is 13.2 Å².